The standard InChI is InChI=1S/C14H24BrN3O/c1-10-5-4-6-14(19,7-10)9-16-8-12-13(15)11(2)17-18(12)3/h10,16,19H,4-9H2,1-3H3. The molecule has 1 aliphatic carbocycles. The summed E-state index contributed by atoms with van der Waals surface area (Å²) in [5.74, 6) is 0.631. The Morgan fingerprint density at radius 1 is 1.58 bits per heavy atom. The van der Waals surface area contributed by atoms with E-state index in [0.717, 1.165) is 41.7 Å². The van der Waals surface area contributed by atoms with Gasteiger partial charge in [-0.05, 0) is 41.6 Å². The second kappa shape index (κ2) is 5.94. The Labute approximate surface area is 123 Å². The van der Waals surface area contributed by atoms with E-state index in [2.05, 4.69) is 33.3 Å². The van der Waals surface area contributed by atoms with Crippen molar-refractivity contribution in [3.8, 4) is 0 Å². The van der Waals surface area contributed by atoms with Crippen molar-refractivity contribution in [2.45, 2.75) is 51.7 Å². The highest BCUT2D eigenvalue weighted by atomic mass is 79.9. The van der Waals surface area contributed by atoms with E-state index in [4.69, 9.17) is 0 Å². The lowest BCUT2D eigenvalue weighted by molar-refractivity contribution is -0.0120. The first-order valence-corrected chi connectivity index (χ1v) is 7.82. The minimum absolute atomic E-state index is 0.530. The van der Waals surface area contributed by atoms with Crippen molar-refractivity contribution in [3.05, 3.63) is 15.9 Å². The summed E-state index contributed by atoms with van der Waals surface area (Å²) >= 11 is 3.56. The molecule has 5 heteroatoms. The molecule has 0 spiro atoms. The largest absolute Gasteiger partial charge is 0.389 e. The number of nitrogens with zero attached hydrogens (tertiary/aromatic N) is 2. The molecule has 0 saturated heterocycles. The van der Waals surface area contributed by atoms with Crippen molar-refractivity contribution in [1.29, 1.82) is 0 Å². The van der Waals surface area contributed by atoms with Crippen LogP contribution in [-0.2, 0) is 13.6 Å². The molecule has 19 heavy (non-hydrogen) atoms. The highest BCUT2D eigenvalue weighted by Crippen LogP contribution is 2.31. The highest BCUT2D eigenvalue weighted by Gasteiger charge is 2.32. The third kappa shape index (κ3) is 3.58. The normalized spacial score (nSPS) is 27.7. The molecule has 2 unspecified atom stereocenters. The van der Waals surface area contributed by atoms with Gasteiger partial charge >= 0.3 is 0 Å². The van der Waals surface area contributed by atoms with Gasteiger partial charge < -0.3 is 10.4 Å². The molecule has 0 radical (unpaired) electrons. The number of aromatic nitrogens is 2. The van der Waals surface area contributed by atoms with E-state index in [1.165, 1.54) is 6.42 Å². The topological polar surface area (TPSA) is 50.1 Å². The average Bonchev–Trinajstić information content (AvgIpc) is 2.55. The second-order valence-electron chi connectivity index (χ2n) is 6.00. The summed E-state index contributed by atoms with van der Waals surface area (Å²) in [5, 5.41) is 18.3. The molecular formula is C14H24BrN3O. The van der Waals surface area contributed by atoms with E-state index in [1.807, 2.05) is 18.7 Å². The van der Waals surface area contributed by atoms with Crippen molar-refractivity contribution in [3.63, 3.8) is 0 Å². The van der Waals surface area contributed by atoms with Gasteiger partial charge in [-0.2, -0.15) is 5.10 Å². The Morgan fingerprint density at radius 2 is 2.32 bits per heavy atom. The Balaban J connectivity index is 1.89. The van der Waals surface area contributed by atoms with Crippen LogP contribution in [0.4, 0.5) is 0 Å². The molecule has 1 aliphatic rings. The first kappa shape index (κ1) is 15.0. The highest BCUT2D eigenvalue weighted by molar-refractivity contribution is 9.10. The average molecular weight is 330 g/mol. The minimum atomic E-state index is -0.530. The van der Waals surface area contributed by atoms with Crippen molar-refractivity contribution >= 4 is 15.9 Å². The lowest BCUT2D eigenvalue weighted by atomic mass is 9.79. The van der Waals surface area contributed by atoms with Crippen LogP contribution >= 0.6 is 15.9 Å². The van der Waals surface area contributed by atoms with E-state index in [1.54, 1.807) is 0 Å². The predicted molar refractivity (Wildman–Crippen MR) is 79.9 cm³/mol. The monoisotopic (exact) mass is 329 g/mol. The Morgan fingerprint density at radius 3 is 2.89 bits per heavy atom. The number of hydrogen-bond donors (Lipinski definition) is 2. The summed E-state index contributed by atoms with van der Waals surface area (Å²) in [7, 11) is 1.95. The Kier molecular flexibility index (Phi) is 4.69. The number of halogens is 1. The maximum Gasteiger partial charge on any atom is 0.0774 e. The zero-order chi connectivity index (χ0) is 14.0. The molecular weight excluding hydrogens is 306 g/mol. The van der Waals surface area contributed by atoms with E-state index in [-0.39, 0.29) is 0 Å². The fourth-order valence-corrected chi connectivity index (χ4v) is 3.55. The maximum atomic E-state index is 10.6. The lowest BCUT2D eigenvalue weighted by Crippen LogP contribution is -2.44. The molecule has 0 aliphatic heterocycles. The number of hydrogen-bond acceptors (Lipinski definition) is 3. The van der Waals surface area contributed by atoms with Gasteiger partial charge in [-0.25, -0.2) is 0 Å². The van der Waals surface area contributed by atoms with E-state index in [0.29, 0.717) is 12.5 Å². The van der Waals surface area contributed by atoms with Crippen molar-refractivity contribution in [2.24, 2.45) is 13.0 Å². The van der Waals surface area contributed by atoms with Crippen LogP contribution in [0.15, 0.2) is 4.47 Å². The fourth-order valence-electron chi connectivity index (χ4n) is 3.08. The number of aryl methyl sites for hydroxylation is 2. The summed E-state index contributed by atoms with van der Waals surface area (Å²) < 4.78 is 2.95. The van der Waals surface area contributed by atoms with Gasteiger partial charge in [0.05, 0.1) is 21.5 Å². The van der Waals surface area contributed by atoms with Gasteiger partial charge in [0.2, 0.25) is 0 Å². The molecule has 1 aromatic rings. The smallest absolute Gasteiger partial charge is 0.0774 e. The summed E-state index contributed by atoms with van der Waals surface area (Å²) in [5.41, 5.74) is 1.60. The third-order valence-corrected chi connectivity index (χ3v) is 5.11. The molecule has 4 nitrogen and oxygen atoms in total. The fraction of sp³-hybridized carbons (Fsp3) is 0.786. The lowest BCUT2D eigenvalue weighted by Gasteiger charge is -2.35. The van der Waals surface area contributed by atoms with Crippen LogP contribution in [-0.4, -0.2) is 27.0 Å². The summed E-state index contributed by atoms with van der Waals surface area (Å²) in [6.07, 6.45) is 4.20. The van der Waals surface area contributed by atoms with Crippen LogP contribution in [0.3, 0.4) is 0 Å². The second-order valence-corrected chi connectivity index (χ2v) is 6.79. The summed E-state index contributed by atoms with van der Waals surface area (Å²) in [6.45, 7) is 5.61. The van der Waals surface area contributed by atoms with Crippen molar-refractivity contribution in [2.75, 3.05) is 6.54 Å². The van der Waals surface area contributed by atoms with Gasteiger partial charge in [0.15, 0.2) is 0 Å². The summed E-state index contributed by atoms with van der Waals surface area (Å²) in [4.78, 5) is 0. The molecule has 2 N–H and O–H groups in total. The number of nitrogens with one attached hydrogen (secondary N) is 1. The minimum Gasteiger partial charge on any atom is -0.389 e. The third-order valence-electron chi connectivity index (χ3n) is 4.08. The van der Waals surface area contributed by atoms with E-state index >= 15 is 0 Å². The van der Waals surface area contributed by atoms with E-state index < -0.39 is 5.60 Å². The Hall–Kier alpha value is -0.390. The quantitative estimate of drug-likeness (QED) is 0.892. The SMILES string of the molecule is Cc1nn(C)c(CNCC2(O)CCCC(C)C2)c1Br. The Bertz CT molecular complexity index is 446. The molecule has 0 aromatic carbocycles. The van der Waals surface area contributed by atoms with Crippen molar-refractivity contribution in [1.82, 2.24) is 15.1 Å². The van der Waals surface area contributed by atoms with Crippen LogP contribution in [0.1, 0.15) is 44.0 Å². The molecule has 0 amide bonds. The molecule has 2 atom stereocenters. The maximum absolute atomic E-state index is 10.6. The first-order valence-electron chi connectivity index (χ1n) is 7.02. The molecule has 2 rings (SSSR count). The first-order chi connectivity index (χ1) is 8.91. The van der Waals surface area contributed by atoms with Crippen LogP contribution in [0.5, 0.6) is 0 Å². The van der Waals surface area contributed by atoms with Gasteiger partial charge in [0, 0.05) is 20.1 Å². The molecule has 0 bridgehead atoms. The number of rotatable bonds is 4. The molecule has 1 aromatic heterocycles. The van der Waals surface area contributed by atoms with Crippen LogP contribution in [0.2, 0.25) is 0 Å². The summed E-state index contributed by atoms with van der Waals surface area (Å²) in [6, 6.07) is 0. The molecule has 108 valence electrons. The van der Waals surface area contributed by atoms with Crippen LogP contribution in [0.25, 0.3) is 0 Å². The van der Waals surface area contributed by atoms with Gasteiger partial charge in [-0.15, -0.1) is 0 Å². The molecule has 1 heterocycles. The number of aliphatic hydroxyl groups is 1. The van der Waals surface area contributed by atoms with E-state index in [9.17, 15) is 5.11 Å². The van der Waals surface area contributed by atoms with Gasteiger partial charge in [-0.1, -0.05) is 19.8 Å². The molecule has 1 fully saturated rings. The van der Waals surface area contributed by atoms with Crippen molar-refractivity contribution < 1.29 is 5.11 Å². The van der Waals surface area contributed by atoms with Gasteiger partial charge in [-0.3, -0.25) is 4.68 Å². The van der Waals surface area contributed by atoms with Crippen LogP contribution in [0, 0.1) is 12.8 Å². The zero-order valence-electron chi connectivity index (χ0n) is 12.0. The molecule has 1 saturated carbocycles. The van der Waals surface area contributed by atoms with Gasteiger partial charge in [0.1, 0.15) is 0 Å². The zero-order valence-corrected chi connectivity index (χ0v) is 13.6. The predicted octanol–water partition coefficient (Wildman–Crippen LogP) is 2.52. The van der Waals surface area contributed by atoms with Gasteiger partial charge in [0.25, 0.3) is 0 Å². The van der Waals surface area contributed by atoms with Crippen LogP contribution < -0.4 is 5.32 Å².